The fraction of sp³-hybridized carbons (Fsp3) is 0.118. The molecule has 2 amide bonds. The summed E-state index contributed by atoms with van der Waals surface area (Å²) < 4.78 is 5.24. The summed E-state index contributed by atoms with van der Waals surface area (Å²) in [5.41, 5.74) is 1.57. The van der Waals surface area contributed by atoms with Gasteiger partial charge in [-0.15, -0.1) is 0 Å². The minimum Gasteiger partial charge on any atom is -0.410 e. The molecule has 0 spiro atoms. The van der Waals surface area contributed by atoms with Crippen molar-refractivity contribution in [3.05, 3.63) is 65.7 Å². The normalized spacial score (nSPS) is 10.7. The van der Waals surface area contributed by atoms with Crippen molar-refractivity contribution >= 4 is 17.9 Å². The molecule has 7 nitrogen and oxygen atoms in total. The van der Waals surface area contributed by atoms with Crippen LogP contribution in [0.1, 0.15) is 11.1 Å². The predicted octanol–water partition coefficient (Wildman–Crippen LogP) is 2.51. The standard InChI is InChI=1S/C17H17N3O4/c1-18-16(21)23-14-11-7-6-10-13(14)15(20-24-17(22)19-2)12-8-4-3-5-9-12/h3-11H,1-2H3,(H,18,21)(H,19,22)/b20-15+. The van der Waals surface area contributed by atoms with Crippen LogP contribution in [0.3, 0.4) is 0 Å². The van der Waals surface area contributed by atoms with Gasteiger partial charge in [-0.25, -0.2) is 9.59 Å². The average molecular weight is 327 g/mol. The lowest BCUT2D eigenvalue weighted by molar-refractivity contribution is 0.153. The van der Waals surface area contributed by atoms with Gasteiger partial charge >= 0.3 is 12.2 Å². The molecule has 0 saturated heterocycles. The van der Waals surface area contributed by atoms with Gasteiger partial charge in [-0.05, 0) is 12.1 Å². The molecule has 2 aromatic carbocycles. The number of oxime groups is 1. The minimum absolute atomic E-state index is 0.292. The molecule has 2 N–H and O–H groups in total. The van der Waals surface area contributed by atoms with Gasteiger partial charge < -0.3 is 15.4 Å². The third kappa shape index (κ3) is 4.33. The lowest BCUT2D eigenvalue weighted by Crippen LogP contribution is -2.23. The number of benzene rings is 2. The van der Waals surface area contributed by atoms with Crippen LogP contribution >= 0.6 is 0 Å². The number of hydrogen-bond donors (Lipinski definition) is 2. The van der Waals surface area contributed by atoms with E-state index in [9.17, 15) is 9.59 Å². The Bertz CT molecular complexity index is 745. The molecule has 0 aliphatic heterocycles. The zero-order valence-electron chi connectivity index (χ0n) is 13.3. The average Bonchev–Trinajstić information content (AvgIpc) is 2.63. The van der Waals surface area contributed by atoms with Gasteiger partial charge in [0.25, 0.3) is 0 Å². The summed E-state index contributed by atoms with van der Waals surface area (Å²) >= 11 is 0. The maximum Gasteiger partial charge on any atom is 0.433 e. The molecule has 24 heavy (non-hydrogen) atoms. The smallest absolute Gasteiger partial charge is 0.410 e. The van der Waals surface area contributed by atoms with Crippen LogP contribution in [0.5, 0.6) is 5.75 Å². The van der Waals surface area contributed by atoms with E-state index in [0.29, 0.717) is 22.6 Å². The molecule has 124 valence electrons. The Kier molecular flexibility index (Phi) is 5.90. The molecule has 2 rings (SSSR count). The van der Waals surface area contributed by atoms with Gasteiger partial charge in [0.2, 0.25) is 0 Å². The maximum atomic E-state index is 11.5. The number of rotatable bonds is 4. The Hall–Kier alpha value is -3.35. The van der Waals surface area contributed by atoms with E-state index in [-0.39, 0.29) is 0 Å². The third-order valence-electron chi connectivity index (χ3n) is 3.02. The van der Waals surface area contributed by atoms with Crippen molar-refractivity contribution in [3.63, 3.8) is 0 Å². The molecule has 0 heterocycles. The van der Waals surface area contributed by atoms with Crippen LogP contribution in [0.4, 0.5) is 9.59 Å². The first-order valence-corrected chi connectivity index (χ1v) is 7.16. The van der Waals surface area contributed by atoms with E-state index in [2.05, 4.69) is 15.8 Å². The Balaban J connectivity index is 2.48. The predicted molar refractivity (Wildman–Crippen MR) is 89.1 cm³/mol. The van der Waals surface area contributed by atoms with Gasteiger partial charge in [0.15, 0.2) is 0 Å². The van der Waals surface area contributed by atoms with Crippen molar-refractivity contribution in [2.75, 3.05) is 14.1 Å². The molecule has 0 radical (unpaired) electrons. The van der Waals surface area contributed by atoms with E-state index >= 15 is 0 Å². The Labute approximate surface area is 139 Å². The molecule has 0 saturated carbocycles. The molecular weight excluding hydrogens is 310 g/mol. The first-order valence-electron chi connectivity index (χ1n) is 7.16. The monoisotopic (exact) mass is 327 g/mol. The topological polar surface area (TPSA) is 89.0 Å². The van der Waals surface area contributed by atoms with Crippen LogP contribution < -0.4 is 15.4 Å². The van der Waals surface area contributed by atoms with E-state index in [1.807, 2.05) is 30.3 Å². The van der Waals surface area contributed by atoms with Gasteiger partial charge in [-0.1, -0.05) is 47.6 Å². The van der Waals surface area contributed by atoms with E-state index < -0.39 is 12.2 Å². The first kappa shape index (κ1) is 17.0. The van der Waals surface area contributed by atoms with E-state index in [1.165, 1.54) is 14.1 Å². The van der Waals surface area contributed by atoms with Crippen molar-refractivity contribution in [1.29, 1.82) is 0 Å². The molecule has 0 unspecified atom stereocenters. The van der Waals surface area contributed by atoms with Crippen LogP contribution in [-0.4, -0.2) is 32.0 Å². The molecule has 0 aromatic heterocycles. The highest BCUT2D eigenvalue weighted by Gasteiger charge is 2.16. The van der Waals surface area contributed by atoms with Crippen LogP contribution in [0.2, 0.25) is 0 Å². The summed E-state index contributed by atoms with van der Waals surface area (Å²) in [5.74, 6) is 0.292. The van der Waals surface area contributed by atoms with Crippen molar-refractivity contribution in [3.8, 4) is 5.75 Å². The summed E-state index contributed by atoms with van der Waals surface area (Å²) in [7, 11) is 2.90. The number of ether oxygens (including phenoxy) is 1. The van der Waals surface area contributed by atoms with Crippen LogP contribution in [-0.2, 0) is 4.84 Å². The second-order valence-electron chi connectivity index (χ2n) is 4.57. The largest absolute Gasteiger partial charge is 0.433 e. The fourth-order valence-corrected chi connectivity index (χ4v) is 1.89. The second-order valence-corrected chi connectivity index (χ2v) is 4.57. The molecular formula is C17H17N3O4. The second kappa shape index (κ2) is 8.33. The van der Waals surface area contributed by atoms with Crippen molar-refractivity contribution in [2.45, 2.75) is 0 Å². The Morgan fingerprint density at radius 2 is 1.50 bits per heavy atom. The van der Waals surface area contributed by atoms with Crippen molar-refractivity contribution in [2.24, 2.45) is 5.16 Å². The maximum absolute atomic E-state index is 11.5. The van der Waals surface area contributed by atoms with Gasteiger partial charge in [0, 0.05) is 25.2 Å². The quantitative estimate of drug-likeness (QED) is 0.513. The van der Waals surface area contributed by atoms with Gasteiger partial charge in [-0.3, -0.25) is 4.84 Å². The summed E-state index contributed by atoms with van der Waals surface area (Å²) in [6.45, 7) is 0. The molecule has 7 heteroatoms. The lowest BCUT2D eigenvalue weighted by atomic mass is 10.0. The number of amides is 2. The summed E-state index contributed by atoms with van der Waals surface area (Å²) in [6.07, 6.45) is -1.31. The summed E-state index contributed by atoms with van der Waals surface area (Å²) in [4.78, 5) is 27.7. The third-order valence-corrected chi connectivity index (χ3v) is 3.02. The SMILES string of the molecule is CNC(=O)O/N=C(\c1ccccc1)c1ccccc1OC(=O)NC. The highest BCUT2D eigenvalue weighted by Crippen LogP contribution is 2.22. The number of carbonyl (C=O) groups excluding carboxylic acids is 2. The van der Waals surface area contributed by atoms with Crippen molar-refractivity contribution < 1.29 is 19.2 Å². The summed E-state index contributed by atoms with van der Waals surface area (Å²) in [5, 5.41) is 8.62. The van der Waals surface area contributed by atoms with Crippen LogP contribution in [0.25, 0.3) is 0 Å². The first-order chi connectivity index (χ1) is 11.7. The van der Waals surface area contributed by atoms with Gasteiger partial charge in [0.1, 0.15) is 11.5 Å². The number of carbonyl (C=O) groups is 2. The Morgan fingerprint density at radius 3 is 2.17 bits per heavy atom. The molecule has 0 aliphatic rings. The summed E-state index contributed by atoms with van der Waals surface area (Å²) in [6, 6.07) is 16.0. The molecule has 0 atom stereocenters. The van der Waals surface area contributed by atoms with Gasteiger partial charge in [0.05, 0.1) is 0 Å². The molecule has 0 fully saturated rings. The van der Waals surface area contributed by atoms with Crippen molar-refractivity contribution in [1.82, 2.24) is 10.6 Å². The fourth-order valence-electron chi connectivity index (χ4n) is 1.89. The van der Waals surface area contributed by atoms with E-state index in [1.54, 1.807) is 24.3 Å². The Morgan fingerprint density at radius 1 is 0.875 bits per heavy atom. The zero-order chi connectivity index (χ0) is 17.4. The number of nitrogens with zero attached hydrogens (tertiary/aromatic N) is 1. The lowest BCUT2D eigenvalue weighted by Gasteiger charge is -2.12. The number of para-hydroxylation sites is 1. The number of nitrogens with one attached hydrogen (secondary N) is 2. The van der Waals surface area contributed by atoms with Crippen LogP contribution in [0, 0.1) is 0 Å². The minimum atomic E-state index is -0.701. The van der Waals surface area contributed by atoms with Gasteiger partial charge in [-0.2, -0.15) is 0 Å². The van der Waals surface area contributed by atoms with E-state index in [0.717, 1.165) is 0 Å². The molecule has 0 bridgehead atoms. The molecule has 2 aromatic rings. The van der Waals surface area contributed by atoms with E-state index in [4.69, 9.17) is 9.57 Å². The zero-order valence-corrected chi connectivity index (χ0v) is 13.3. The number of hydrogen-bond acceptors (Lipinski definition) is 5. The highest BCUT2D eigenvalue weighted by atomic mass is 16.7. The molecule has 0 aliphatic carbocycles. The van der Waals surface area contributed by atoms with Crippen LogP contribution in [0.15, 0.2) is 59.8 Å². The highest BCUT2D eigenvalue weighted by molar-refractivity contribution is 6.14.